The second-order valence-electron chi connectivity index (χ2n) is 35.1. The van der Waals surface area contributed by atoms with Gasteiger partial charge in [0.05, 0.1) is 81.0 Å². The van der Waals surface area contributed by atoms with Crippen LogP contribution in [-0.2, 0) is 30.4 Å². The summed E-state index contributed by atoms with van der Waals surface area (Å²) in [7, 11) is 1.49. The lowest BCUT2D eigenvalue weighted by Crippen LogP contribution is -2.66. The maximum Gasteiger partial charge on any atom is 0.283 e. The van der Waals surface area contributed by atoms with Gasteiger partial charge in [0.15, 0.2) is 28.7 Å². The molecule has 34 heteroatoms. The molecule has 9 aromatic heterocycles. The fourth-order valence-electron chi connectivity index (χ4n) is 19.3. The summed E-state index contributed by atoms with van der Waals surface area (Å²) in [5.74, 6) is -6.68. The molecule has 6 atom stereocenters. The van der Waals surface area contributed by atoms with Gasteiger partial charge >= 0.3 is 0 Å². The SMILES string of the molecule is C=CC(=O)N1CC2C(=O)N(C)c3c(c4cc(F)c(-c5c(N)cccc5F)nc4n(-c4c(C)ccnc4C(C)C)c3=O)N2CC1C.C=CC(=O)N1CC2C(=O)Nc3c(c4cc(F)c(-c5c(N)cccc5F)nc4n(-c4c(C)ccnc4C(C)C)c3=O)N2CC1C.C=CC(=O)N1CC2CCc3c(c4cc(F)c(-c5c(N)cccc5F)nc4n(-c4c(C)ccnc4C(C)C)c3=O)N2CC1C. The van der Waals surface area contributed by atoms with Crippen LogP contribution in [0.15, 0.2) is 162 Å². The summed E-state index contributed by atoms with van der Waals surface area (Å²) >= 11 is 0. The summed E-state index contributed by atoms with van der Waals surface area (Å²) in [6.45, 7) is 34.9. The normalized spacial score (nSPS) is 18.0. The van der Waals surface area contributed by atoms with Crippen LogP contribution < -0.4 is 58.8 Å². The zero-order valence-electron chi connectivity index (χ0n) is 75.0. The Morgan fingerprint density at radius 2 is 0.795 bits per heavy atom. The number of aryl methyl sites for hydroxylation is 3. The molecule has 0 radical (unpaired) electrons. The monoisotopic (exact) mass is 1800 g/mol. The minimum absolute atomic E-state index is 0.0183. The molecule has 3 fully saturated rings. The predicted octanol–water partition coefficient (Wildman–Crippen LogP) is 13.9. The largest absolute Gasteiger partial charge is 0.398 e. The van der Waals surface area contributed by atoms with Crippen molar-refractivity contribution >= 4 is 108 Å². The summed E-state index contributed by atoms with van der Waals surface area (Å²) in [5, 5.41) is 3.63. The van der Waals surface area contributed by atoms with Crippen molar-refractivity contribution in [1.82, 2.24) is 58.3 Å². The molecular weight excluding hydrogens is 1700 g/mol. The number of halogens is 6. The molecule has 680 valence electrons. The standard InChI is InChI=1S/C33H33F2N7O3.C33H34F2N6O2.C32H31F2N7O3/c1-7-24(43)40-15-23-32(44)39(6)30-29(41(23)14-18(40)5)19-13-21(35)27(25-20(34)9-8-10-22(25)36)38-31(19)42(33(30)45)28-17(4)11-12-37-26(28)16(2)3;1-6-26(42)39-16-20-10-11-21-31(40(20)15-19(39)5)22-14-24(35)29(27-23(34)8-7-9-25(27)36)38-32(22)41(33(21)43)30-18(4)12-13-37-28(30)17(2)3;1-6-23(42)39-14-22-31(43)38-27-29(40(22)13-17(39)5)18-12-20(34)26(24-19(33)8-7-9-21(24)35)37-30(18)41(32(27)44)28-16(4)10-11-36-25(28)15(2)3/h7-13,16,18,23H,1,14-15,36H2,2-6H3;6-9,12-14,17,19-20H,1,10-11,15-16,36H2,2-5H3;6-12,15,17,22H,1,13-14,35H2,2-5H3,(H,38,43). The Bertz CT molecular complexity index is 7070. The Kier molecular flexibility index (Phi) is 23.9. The zero-order valence-corrected chi connectivity index (χ0v) is 75.0. The molecule has 18 rings (SSSR count). The molecule has 0 aliphatic carbocycles. The Morgan fingerprint density at radius 3 is 1.19 bits per heavy atom. The molecule has 12 aromatic rings. The van der Waals surface area contributed by atoms with Crippen LogP contribution in [0.5, 0.6) is 0 Å². The molecule has 0 spiro atoms. The van der Waals surface area contributed by atoms with Crippen molar-refractivity contribution in [3.63, 3.8) is 0 Å². The van der Waals surface area contributed by atoms with E-state index in [4.69, 9.17) is 22.2 Å². The molecule has 6 aliphatic heterocycles. The van der Waals surface area contributed by atoms with E-state index < -0.39 is 69.9 Å². The van der Waals surface area contributed by atoms with Crippen LogP contribution in [0.1, 0.15) is 126 Å². The van der Waals surface area contributed by atoms with E-state index in [9.17, 15) is 38.4 Å². The number of carbonyl (C=O) groups excluding carboxylic acids is 5. The number of piperazine rings is 3. The maximum absolute atomic E-state index is 16.2. The van der Waals surface area contributed by atoms with Gasteiger partial charge in [-0.15, -0.1) is 0 Å². The number of hydrogen-bond acceptors (Lipinski definition) is 20. The Labute approximate surface area is 755 Å². The molecule has 0 bridgehead atoms. The number of nitrogens with two attached hydrogens (primary N) is 3. The Morgan fingerprint density at radius 1 is 0.439 bits per heavy atom. The quantitative estimate of drug-likeness (QED) is 0.0501. The van der Waals surface area contributed by atoms with Crippen molar-refractivity contribution in [1.29, 1.82) is 0 Å². The van der Waals surface area contributed by atoms with Crippen LogP contribution in [0, 0.1) is 55.7 Å². The fraction of sp³-hybridized carbons (Fsp3) is 0.306. The number of anilines is 8. The van der Waals surface area contributed by atoms with Gasteiger partial charge in [0.2, 0.25) is 23.6 Å². The van der Waals surface area contributed by atoms with Gasteiger partial charge in [0.1, 0.15) is 63.6 Å². The second kappa shape index (κ2) is 34.9. The minimum atomic E-state index is -0.865. The van der Waals surface area contributed by atoms with Crippen molar-refractivity contribution in [3.05, 3.63) is 253 Å². The molecule has 7 N–H and O–H groups in total. The number of likely N-dealkylation sites (N-methyl/N-ethyl adjacent to an activating group) is 1. The third-order valence-electron chi connectivity index (χ3n) is 25.7. The minimum Gasteiger partial charge on any atom is -0.398 e. The third kappa shape index (κ3) is 15.0. The summed E-state index contributed by atoms with van der Waals surface area (Å²) in [5.41, 5.74) is 22.8. The van der Waals surface area contributed by atoms with E-state index in [0.717, 1.165) is 17.7 Å². The number of amides is 5. The summed E-state index contributed by atoms with van der Waals surface area (Å²) in [6.07, 6.45) is 9.76. The van der Waals surface area contributed by atoms with Crippen molar-refractivity contribution in [2.45, 2.75) is 150 Å². The first-order chi connectivity index (χ1) is 62.8. The zero-order chi connectivity index (χ0) is 94.8. The lowest BCUT2D eigenvalue weighted by Gasteiger charge is -2.49. The molecule has 0 saturated carbocycles. The summed E-state index contributed by atoms with van der Waals surface area (Å²) in [6, 6.07) is 18.5. The number of pyridine rings is 9. The van der Waals surface area contributed by atoms with Crippen LogP contribution in [0.4, 0.5) is 71.8 Å². The van der Waals surface area contributed by atoms with Gasteiger partial charge in [-0.05, 0) is 180 Å². The van der Waals surface area contributed by atoms with E-state index in [1.165, 1.54) is 109 Å². The highest BCUT2D eigenvalue weighted by molar-refractivity contribution is 6.13. The molecule has 6 aliphatic rings. The fourth-order valence-corrected chi connectivity index (χ4v) is 19.3. The predicted molar refractivity (Wildman–Crippen MR) is 499 cm³/mol. The average Bonchev–Trinajstić information content (AvgIpc) is 0.703. The number of rotatable bonds is 12. The number of aromatic nitrogens is 9. The molecule has 28 nitrogen and oxygen atoms in total. The first-order valence-electron chi connectivity index (χ1n) is 43.4. The smallest absolute Gasteiger partial charge is 0.283 e. The van der Waals surface area contributed by atoms with Crippen molar-refractivity contribution in [2.75, 3.05) is 88.4 Å². The first-order valence-corrected chi connectivity index (χ1v) is 43.4. The molecule has 15 heterocycles. The molecular formula is C98H98F6N20O8. The topological polar surface area (TPSA) is 341 Å². The molecule has 132 heavy (non-hydrogen) atoms. The molecule has 3 aromatic carbocycles. The van der Waals surface area contributed by atoms with Crippen LogP contribution in [-0.4, -0.2) is 170 Å². The number of fused-ring (bicyclic) bond motifs is 15. The summed E-state index contributed by atoms with van der Waals surface area (Å²) < 4.78 is 97.9. The van der Waals surface area contributed by atoms with Gasteiger partial charge in [0.25, 0.3) is 22.6 Å². The third-order valence-corrected chi connectivity index (χ3v) is 25.7. The van der Waals surface area contributed by atoms with Crippen LogP contribution in [0.2, 0.25) is 0 Å². The van der Waals surface area contributed by atoms with Crippen LogP contribution >= 0.6 is 0 Å². The van der Waals surface area contributed by atoms with E-state index in [1.54, 1.807) is 50.3 Å². The number of benzene rings is 3. The Balaban J connectivity index is 0.000000144. The Hall–Kier alpha value is -14.9. The number of hydrogen-bond donors (Lipinski definition) is 4. The number of nitrogens with zero attached hydrogens (tertiary/aromatic N) is 16. The van der Waals surface area contributed by atoms with Gasteiger partial charge in [-0.2, -0.15) is 0 Å². The molecule has 5 amide bonds. The average molecular weight is 1800 g/mol. The number of carbonyl (C=O) groups is 5. The second-order valence-corrected chi connectivity index (χ2v) is 35.1. The van der Waals surface area contributed by atoms with Gasteiger partial charge < -0.3 is 56.8 Å². The highest BCUT2D eigenvalue weighted by Gasteiger charge is 2.49. The number of nitrogens with one attached hydrogen (secondary N) is 1. The van der Waals surface area contributed by atoms with Gasteiger partial charge in [-0.25, -0.2) is 41.3 Å². The lowest BCUT2D eigenvalue weighted by molar-refractivity contribution is -0.132. The summed E-state index contributed by atoms with van der Waals surface area (Å²) in [4.78, 5) is 148. The van der Waals surface area contributed by atoms with Gasteiger partial charge in [-0.1, -0.05) is 79.5 Å². The highest BCUT2D eigenvalue weighted by Crippen LogP contribution is 2.48. The van der Waals surface area contributed by atoms with E-state index in [2.05, 4.69) is 54.9 Å². The molecule has 6 unspecified atom stereocenters. The molecule has 3 saturated heterocycles. The lowest BCUT2D eigenvalue weighted by atomic mass is 9.91. The van der Waals surface area contributed by atoms with E-state index in [1.807, 2.05) is 89.2 Å². The van der Waals surface area contributed by atoms with Gasteiger partial charge in [-0.3, -0.25) is 67.0 Å². The van der Waals surface area contributed by atoms with Crippen molar-refractivity contribution in [3.8, 4) is 50.8 Å². The first kappa shape index (κ1) is 90.5. The van der Waals surface area contributed by atoms with E-state index >= 15 is 26.3 Å². The van der Waals surface area contributed by atoms with Gasteiger partial charge in [0, 0.05) is 115 Å². The highest BCUT2D eigenvalue weighted by atomic mass is 19.1. The number of nitrogen functional groups attached to an aromatic ring is 3. The van der Waals surface area contributed by atoms with Crippen LogP contribution in [0.3, 0.4) is 0 Å². The maximum atomic E-state index is 16.2. The van der Waals surface area contributed by atoms with Crippen molar-refractivity contribution in [2.24, 2.45) is 0 Å². The van der Waals surface area contributed by atoms with E-state index in [0.29, 0.717) is 93.5 Å². The van der Waals surface area contributed by atoms with Crippen molar-refractivity contribution < 1.29 is 50.3 Å². The van der Waals surface area contributed by atoms with Crippen LogP contribution in [0.25, 0.3) is 83.9 Å². The van der Waals surface area contributed by atoms with E-state index in [-0.39, 0.29) is 187 Å².